The largest absolute Gasteiger partial charge is 0.446 e. The summed E-state index contributed by atoms with van der Waals surface area (Å²) in [6.45, 7) is 3.19. The number of halogens is 1. The number of amides is 1. The van der Waals surface area contributed by atoms with E-state index in [2.05, 4.69) is 20.7 Å². The van der Waals surface area contributed by atoms with Gasteiger partial charge in [-0.05, 0) is 32.0 Å². The highest BCUT2D eigenvalue weighted by Crippen LogP contribution is 2.22. The molecule has 0 saturated carbocycles. The number of anilines is 1. The second kappa shape index (κ2) is 7.05. The molecule has 0 bridgehead atoms. The zero-order chi connectivity index (χ0) is 16.2. The second-order valence-electron chi connectivity index (χ2n) is 4.22. The summed E-state index contributed by atoms with van der Waals surface area (Å²) in [7, 11) is -4.16. The molecule has 0 fully saturated rings. The first kappa shape index (κ1) is 17.7. The van der Waals surface area contributed by atoms with Gasteiger partial charge in [0.25, 0.3) is 0 Å². The summed E-state index contributed by atoms with van der Waals surface area (Å²) >= 11 is 8.05. The minimum Gasteiger partial charge on any atom is -0.446 e. The zero-order valence-electron chi connectivity index (χ0n) is 11.2. The Balaban J connectivity index is 2.96. The van der Waals surface area contributed by atoms with E-state index in [9.17, 15) is 13.2 Å². The molecule has 21 heavy (non-hydrogen) atoms. The number of ether oxygens (including phenoxy) is 1. The summed E-state index contributed by atoms with van der Waals surface area (Å²) in [5.41, 5.74) is 5.99. The highest BCUT2D eigenvalue weighted by atomic mass is 79.9. The Kier molecular flexibility index (Phi) is 5.93. The zero-order valence-corrected chi connectivity index (χ0v) is 14.4. The van der Waals surface area contributed by atoms with Crippen molar-refractivity contribution in [3.63, 3.8) is 0 Å². The summed E-state index contributed by atoms with van der Waals surface area (Å²) in [6, 6.07) is 4.69. The summed E-state index contributed by atoms with van der Waals surface area (Å²) < 4.78 is 32.9. The molecule has 0 spiro atoms. The van der Waals surface area contributed by atoms with Crippen LogP contribution in [-0.2, 0) is 14.9 Å². The van der Waals surface area contributed by atoms with Gasteiger partial charge in [0, 0.05) is 10.0 Å². The van der Waals surface area contributed by atoms with Gasteiger partial charge in [-0.25, -0.2) is 9.52 Å². The van der Waals surface area contributed by atoms with Gasteiger partial charge in [0.15, 0.2) is 0 Å². The highest BCUT2D eigenvalue weighted by Gasteiger charge is 2.18. The van der Waals surface area contributed by atoms with Crippen LogP contribution in [0.2, 0.25) is 0 Å². The first-order valence-electron chi connectivity index (χ1n) is 5.71. The minimum absolute atomic E-state index is 0.0185. The van der Waals surface area contributed by atoms with Gasteiger partial charge >= 0.3 is 16.3 Å². The number of carbonyl (C=O) groups is 1. The molecule has 1 rings (SSSR count). The Morgan fingerprint density at radius 1 is 1.43 bits per heavy atom. The van der Waals surface area contributed by atoms with Crippen LogP contribution in [0.1, 0.15) is 19.4 Å². The summed E-state index contributed by atoms with van der Waals surface area (Å²) in [5.74, 6) is 0. The Morgan fingerprint density at radius 2 is 2.05 bits per heavy atom. The van der Waals surface area contributed by atoms with Crippen molar-refractivity contribution in [1.29, 1.82) is 0 Å². The van der Waals surface area contributed by atoms with Crippen LogP contribution in [-0.4, -0.2) is 25.6 Å². The molecular formula is C11H14BrN3O4S2. The van der Waals surface area contributed by atoms with E-state index in [0.717, 1.165) is 0 Å². The molecule has 0 saturated heterocycles. The van der Waals surface area contributed by atoms with E-state index in [-0.39, 0.29) is 10.7 Å². The number of rotatable bonds is 5. The molecule has 0 atom stereocenters. The monoisotopic (exact) mass is 395 g/mol. The maximum Gasteiger partial charge on any atom is 0.422 e. The van der Waals surface area contributed by atoms with Gasteiger partial charge in [-0.3, -0.25) is 4.72 Å². The molecule has 1 amide bonds. The van der Waals surface area contributed by atoms with Crippen molar-refractivity contribution in [3.8, 4) is 0 Å². The molecule has 0 aromatic heterocycles. The number of nitrogens with one attached hydrogen (secondary N) is 2. The van der Waals surface area contributed by atoms with E-state index < -0.39 is 22.4 Å². The van der Waals surface area contributed by atoms with Gasteiger partial charge in [0.2, 0.25) is 0 Å². The third-order valence-electron chi connectivity index (χ3n) is 2.05. The molecule has 4 N–H and O–H groups in total. The fourth-order valence-electron chi connectivity index (χ4n) is 1.33. The van der Waals surface area contributed by atoms with Crippen LogP contribution in [0.4, 0.5) is 10.5 Å². The topological polar surface area (TPSA) is 111 Å². The molecule has 7 nitrogen and oxygen atoms in total. The van der Waals surface area contributed by atoms with Crippen LogP contribution in [0.5, 0.6) is 0 Å². The smallest absolute Gasteiger partial charge is 0.422 e. The first-order chi connectivity index (χ1) is 9.60. The lowest BCUT2D eigenvalue weighted by molar-refractivity contribution is 0.121. The van der Waals surface area contributed by atoms with Gasteiger partial charge in [-0.15, -0.1) is 0 Å². The molecule has 0 aliphatic carbocycles. The number of carbonyl (C=O) groups excluding carboxylic acids is 1. The fraction of sp³-hybridized carbons (Fsp3) is 0.273. The van der Waals surface area contributed by atoms with Crippen molar-refractivity contribution in [2.75, 3.05) is 4.72 Å². The first-order valence-corrected chi connectivity index (χ1v) is 8.39. The molecule has 1 aromatic carbocycles. The quantitative estimate of drug-likeness (QED) is 0.656. The highest BCUT2D eigenvalue weighted by molar-refractivity contribution is 9.10. The number of hydrogen-bond acceptors (Lipinski definition) is 5. The van der Waals surface area contributed by atoms with Gasteiger partial charge in [-0.2, -0.15) is 8.42 Å². The van der Waals surface area contributed by atoms with Crippen LogP contribution in [0.15, 0.2) is 22.7 Å². The number of benzene rings is 1. The Labute approximate surface area is 136 Å². The molecule has 116 valence electrons. The van der Waals surface area contributed by atoms with Crippen molar-refractivity contribution >= 4 is 55.1 Å². The Hall–Kier alpha value is -1.39. The third kappa shape index (κ3) is 5.86. The third-order valence-corrected chi connectivity index (χ3v) is 3.69. The lowest BCUT2D eigenvalue weighted by Gasteiger charge is -2.14. The molecule has 0 aliphatic heterocycles. The fourth-order valence-corrected chi connectivity index (χ4v) is 2.65. The second-order valence-corrected chi connectivity index (χ2v) is 6.99. The van der Waals surface area contributed by atoms with Crippen molar-refractivity contribution in [1.82, 2.24) is 4.72 Å². The van der Waals surface area contributed by atoms with E-state index in [4.69, 9.17) is 22.7 Å². The Morgan fingerprint density at radius 3 is 2.57 bits per heavy atom. The molecular weight excluding hydrogens is 382 g/mol. The van der Waals surface area contributed by atoms with E-state index in [1.54, 1.807) is 30.7 Å². The molecule has 0 radical (unpaired) electrons. The normalized spacial score (nSPS) is 11.0. The maximum absolute atomic E-state index is 11.9. The van der Waals surface area contributed by atoms with Gasteiger partial charge < -0.3 is 10.5 Å². The van der Waals surface area contributed by atoms with Gasteiger partial charge in [-0.1, -0.05) is 28.1 Å². The average Bonchev–Trinajstić information content (AvgIpc) is 2.24. The maximum atomic E-state index is 11.9. The van der Waals surface area contributed by atoms with Gasteiger partial charge in [0.1, 0.15) is 4.99 Å². The number of nitrogens with two attached hydrogens (primary N) is 1. The van der Waals surface area contributed by atoms with Crippen molar-refractivity contribution in [3.05, 3.63) is 28.2 Å². The standard InChI is InChI=1S/C11H14BrN3O4S2/c1-6(2)19-11(16)15-21(17,18)14-9-5-7(12)3-4-8(9)10(13)20/h3-6,14H,1-2H3,(H2,13,20)(H,15,16). The van der Waals surface area contributed by atoms with Crippen LogP contribution in [0.3, 0.4) is 0 Å². The number of thiocarbonyl (C=S) groups is 1. The van der Waals surface area contributed by atoms with Gasteiger partial charge in [0.05, 0.1) is 11.8 Å². The van der Waals surface area contributed by atoms with Crippen LogP contribution in [0.25, 0.3) is 0 Å². The summed E-state index contributed by atoms with van der Waals surface area (Å²) in [5, 5.41) is 0. The average molecular weight is 396 g/mol. The van der Waals surface area contributed by atoms with Crippen molar-refractivity contribution < 1.29 is 17.9 Å². The van der Waals surface area contributed by atoms with Crippen LogP contribution >= 0.6 is 28.1 Å². The lowest BCUT2D eigenvalue weighted by atomic mass is 10.2. The van der Waals surface area contributed by atoms with E-state index in [1.807, 2.05) is 0 Å². The number of hydrogen-bond donors (Lipinski definition) is 3. The molecule has 0 heterocycles. The molecule has 1 aromatic rings. The van der Waals surface area contributed by atoms with Crippen molar-refractivity contribution in [2.24, 2.45) is 5.73 Å². The SMILES string of the molecule is CC(C)OC(=O)NS(=O)(=O)Nc1cc(Br)ccc1C(N)=S. The van der Waals surface area contributed by atoms with Crippen LogP contribution < -0.4 is 15.2 Å². The van der Waals surface area contributed by atoms with E-state index in [0.29, 0.717) is 10.0 Å². The minimum atomic E-state index is -4.16. The van der Waals surface area contributed by atoms with Crippen LogP contribution in [0, 0.1) is 0 Å². The predicted molar refractivity (Wildman–Crippen MR) is 87.3 cm³/mol. The predicted octanol–water partition coefficient (Wildman–Crippen LogP) is 1.87. The molecule has 0 aliphatic rings. The molecule has 0 unspecified atom stereocenters. The summed E-state index contributed by atoms with van der Waals surface area (Å²) in [6.07, 6.45) is -1.53. The van der Waals surface area contributed by atoms with Crippen molar-refractivity contribution in [2.45, 2.75) is 20.0 Å². The molecule has 10 heteroatoms. The lowest BCUT2D eigenvalue weighted by Crippen LogP contribution is -2.37. The van der Waals surface area contributed by atoms with E-state index >= 15 is 0 Å². The Bertz CT molecular complexity index is 661. The summed E-state index contributed by atoms with van der Waals surface area (Å²) in [4.78, 5) is 11.4. The van der Waals surface area contributed by atoms with E-state index in [1.165, 1.54) is 6.07 Å².